The second-order valence-corrected chi connectivity index (χ2v) is 9.48. The summed E-state index contributed by atoms with van der Waals surface area (Å²) in [5, 5.41) is 3.95. The summed E-state index contributed by atoms with van der Waals surface area (Å²) >= 11 is 9.75. The number of aryl methyl sites for hydroxylation is 1. The lowest BCUT2D eigenvalue weighted by Gasteiger charge is -2.05. The van der Waals surface area contributed by atoms with Crippen molar-refractivity contribution in [3.05, 3.63) is 51.4 Å². The molecule has 0 saturated heterocycles. The number of carbonyl (C=O) groups excluding carboxylic acids is 2. The number of rotatable bonds is 13. The minimum atomic E-state index is -0.141. The Morgan fingerprint density at radius 2 is 1.66 bits per heavy atom. The molecule has 0 radical (unpaired) electrons. The van der Waals surface area contributed by atoms with Crippen LogP contribution >= 0.6 is 45.5 Å². The van der Waals surface area contributed by atoms with Gasteiger partial charge in [0.1, 0.15) is 5.00 Å². The van der Waals surface area contributed by atoms with Crippen LogP contribution < -0.4 is 5.32 Å². The van der Waals surface area contributed by atoms with Gasteiger partial charge in [0.15, 0.2) is 5.78 Å². The van der Waals surface area contributed by atoms with Gasteiger partial charge in [0.25, 0.3) is 0 Å². The monoisotopic (exact) mass is 545 g/mol. The van der Waals surface area contributed by atoms with Gasteiger partial charge in [-0.1, -0.05) is 98.2 Å². The van der Waals surface area contributed by atoms with Crippen molar-refractivity contribution >= 4 is 62.2 Å². The highest BCUT2D eigenvalue weighted by molar-refractivity contribution is 14.1. The zero-order valence-electron chi connectivity index (χ0n) is 16.9. The fraction of sp³-hybridized carbons (Fsp3) is 0.478. The number of anilines is 1. The molecule has 1 aromatic carbocycles. The summed E-state index contributed by atoms with van der Waals surface area (Å²) in [6.07, 6.45) is 11.1. The van der Waals surface area contributed by atoms with Gasteiger partial charge in [-0.05, 0) is 31.0 Å². The zero-order chi connectivity index (χ0) is 21.1. The van der Waals surface area contributed by atoms with Gasteiger partial charge in [-0.2, -0.15) is 0 Å². The number of hydrogen-bond donors (Lipinski definition) is 1. The van der Waals surface area contributed by atoms with Crippen LogP contribution in [0.4, 0.5) is 5.00 Å². The first-order valence-electron chi connectivity index (χ1n) is 10.3. The Morgan fingerprint density at radius 1 is 1.00 bits per heavy atom. The van der Waals surface area contributed by atoms with E-state index in [-0.39, 0.29) is 11.7 Å². The summed E-state index contributed by atoms with van der Waals surface area (Å²) in [5.74, 6) is -0.239. The molecule has 1 N–H and O–H groups in total. The molecule has 1 amide bonds. The van der Waals surface area contributed by atoms with Crippen LogP contribution in [0.15, 0.2) is 30.3 Å². The molecule has 0 aliphatic rings. The Labute approximate surface area is 196 Å². The maximum absolute atomic E-state index is 13.0. The molecule has 0 saturated carbocycles. The van der Waals surface area contributed by atoms with E-state index < -0.39 is 0 Å². The third kappa shape index (κ3) is 8.02. The second kappa shape index (κ2) is 13.4. The lowest BCUT2D eigenvalue weighted by molar-refractivity contribution is -0.113. The van der Waals surface area contributed by atoms with Crippen molar-refractivity contribution in [2.75, 3.05) is 9.74 Å². The van der Waals surface area contributed by atoms with Crippen LogP contribution in [-0.2, 0) is 11.2 Å². The van der Waals surface area contributed by atoms with Crippen LogP contribution in [0.25, 0.3) is 0 Å². The lowest BCUT2D eigenvalue weighted by Crippen LogP contribution is -2.14. The number of nitrogens with one attached hydrogen (secondary N) is 1. The number of thiophene rings is 1. The van der Waals surface area contributed by atoms with Crippen LogP contribution in [0.3, 0.4) is 0 Å². The first-order chi connectivity index (χ1) is 14.1. The van der Waals surface area contributed by atoms with Gasteiger partial charge in [-0.25, -0.2) is 0 Å². The van der Waals surface area contributed by atoms with E-state index in [0.717, 1.165) is 17.7 Å². The van der Waals surface area contributed by atoms with Gasteiger partial charge in [-0.3, -0.25) is 9.59 Å². The summed E-state index contributed by atoms with van der Waals surface area (Å²) in [6, 6.07) is 8.98. The summed E-state index contributed by atoms with van der Waals surface area (Å²) in [6.45, 7) is 2.24. The highest BCUT2D eigenvalue weighted by atomic mass is 127. The summed E-state index contributed by atoms with van der Waals surface area (Å²) in [4.78, 5) is 26.1. The molecule has 0 atom stereocenters. The first-order valence-corrected chi connectivity index (χ1v) is 13.1. The van der Waals surface area contributed by atoms with Crippen LogP contribution in [-0.4, -0.2) is 16.1 Å². The molecule has 1 aromatic heterocycles. The standard InChI is InChI=1S/C23H29ClINO2S/c1-2-3-4-5-6-7-8-9-12-17-15-19(23(29-17)26-21(27)16-25)22(28)18-13-10-11-14-20(18)24/h10-11,13-15H,2-9,12,16H2,1H3,(H,26,27). The fourth-order valence-corrected chi connectivity index (χ4v) is 4.73. The number of ketones is 1. The molecule has 2 rings (SSSR count). The average molecular weight is 546 g/mol. The number of benzene rings is 1. The maximum atomic E-state index is 13.0. The quantitative estimate of drug-likeness (QED) is 0.121. The molecule has 0 aliphatic carbocycles. The van der Waals surface area contributed by atoms with E-state index in [9.17, 15) is 9.59 Å². The molecule has 29 heavy (non-hydrogen) atoms. The number of carbonyl (C=O) groups is 2. The molecular weight excluding hydrogens is 517 g/mol. The zero-order valence-corrected chi connectivity index (χ0v) is 20.7. The molecule has 0 aliphatic heterocycles. The molecule has 0 bridgehead atoms. The number of hydrogen-bond acceptors (Lipinski definition) is 3. The van der Waals surface area contributed by atoms with Crippen LogP contribution in [0.1, 0.15) is 79.1 Å². The van der Waals surface area contributed by atoms with E-state index in [1.54, 1.807) is 24.3 Å². The Bertz CT molecular complexity index is 806. The van der Waals surface area contributed by atoms with E-state index in [1.807, 2.05) is 28.7 Å². The van der Waals surface area contributed by atoms with Crippen molar-refractivity contribution in [3.8, 4) is 0 Å². The van der Waals surface area contributed by atoms with Crippen molar-refractivity contribution in [3.63, 3.8) is 0 Å². The van der Waals surface area contributed by atoms with Gasteiger partial charge in [-0.15, -0.1) is 11.3 Å². The number of halogens is 2. The van der Waals surface area contributed by atoms with Crippen molar-refractivity contribution in [1.29, 1.82) is 0 Å². The van der Waals surface area contributed by atoms with Gasteiger partial charge in [0.2, 0.25) is 5.91 Å². The van der Waals surface area contributed by atoms with E-state index in [1.165, 1.54) is 56.3 Å². The maximum Gasteiger partial charge on any atom is 0.234 e. The Hall–Kier alpha value is -0.920. The Balaban J connectivity index is 2.01. The highest BCUT2D eigenvalue weighted by Gasteiger charge is 2.20. The third-order valence-corrected chi connectivity index (χ3v) is 6.93. The molecule has 1 heterocycles. The second-order valence-electron chi connectivity index (χ2n) is 7.17. The van der Waals surface area contributed by atoms with Crippen molar-refractivity contribution in [2.45, 2.75) is 64.7 Å². The van der Waals surface area contributed by atoms with Crippen LogP contribution in [0.2, 0.25) is 5.02 Å². The fourth-order valence-electron chi connectivity index (χ4n) is 3.21. The minimum absolute atomic E-state index is 0.0979. The predicted octanol–water partition coefficient (Wildman–Crippen LogP) is 7.69. The minimum Gasteiger partial charge on any atom is -0.316 e. The number of unbranched alkanes of at least 4 members (excludes halogenated alkanes) is 7. The van der Waals surface area contributed by atoms with Crippen molar-refractivity contribution in [1.82, 2.24) is 0 Å². The molecule has 158 valence electrons. The van der Waals surface area contributed by atoms with Crippen LogP contribution in [0.5, 0.6) is 0 Å². The molecule has 0 unspecified atom stereocenters. The Morgan fingerprint density at radius 3 is 2.31 bits per heavy atom. The van der Waals surface area contributed by atoms with E-state index in [2.05, 4.69) is 12.2 Å². The largest absolute Gasteiger partial charge is 0.316 e. The van der Waals surface area contributed by atoms with Gasteiger partial charge in [0, 0.05) is 10.4 Å². The van der Waals surface area contributed by atoms with Gasteiger partial charge >= 0.3 is 0 Å². The highest BCUT2D eigenvalue weighted by Crippen LogP contribution is 2.33. The van der Waals surface area contributed by atoms with Crippen molar-refractivity contribution in [2.24, 2.45) is 0 Å². The lowest BCUT2D eigenvalue weighted by atomic mass is 10.0. The third-order valence-electron chi connectivity index (χ3n) is 4.80. The molecule has 0 fully saturated rings. The molecule has 2 aromatic rings. The molecule has 6 heteroatoms. The summed E-state index contributed by atoms with van der Waals surface area (Å²) in [5.41, 5.74) is 1.01. The molecule has 0 spiro atoms. The summed E-state index contributed by atoms with van der Waals surface area (Å²) < 4.78 is 0.350. The van der Waals surface area contributed by atoms with Gasteiger partial charge < -0.3 is 5.32 Å². The van der Waals surface area contributed by atoms with E-state index in [0.29, 0.717) is 25.6 Å². The molecule has 3 nitrogen and oxygen atoms in total. The predicted molar refractivity (Wildman–Crippen MR) is 133 cm³/mol. The summed E-state index contributed by atoms with van der Waals surface area (Å²) in [7, 11) is 0. The first kappa shape index (κ1) is 24.4. The molecular formula is C23H29ClINO2S. The smallest absolute Gasteiger partial charge is 0.234 e. The van der Waals surface area contributed by atoms with E-state index >= 15 is 0 Å². The Kier molecular flexibility index (Phi) is 11.2. The van der Waals surface area contributed by atoms with Crippen LogP contribution in [0, 0.1) is 0 Å². The van der Waals surface area contributed by atoms with Crippen molar-refractivity contribution < 1.29 is 9.59 Å². The SMILES string of the molecule is CCCCCCCCCCc1cc(C(=O)c2ccccc2Cl)c(NC(=O)CI)s1. The number of alkyl halides is 1. The van der Waals surface area contributed by atoms with Gasteiger partial charge in [0.05, 0.1) is 15.0 Å². The average Bonchev–Trinajstić information content (AvgIpc) is 3.12. The number of amides is 1. The topological polar surface area (TPSA) is 46.2 Å². The normalized spacial score (nSPS) is 10.9. The van der Waals surface area contributed by atoms with E-state index in [4.69, 9.17) is 11.6 Å².